The summed E-state index contributed by atoms with van der Waals surface area (Å²) in [5.41, 5.74) is 1.28. The van der Waals surface area contributed by atoms with E-state index in [0.29, 0.717) is 61.6 Å². The van der Waals surface area contributed by atoms with Crippen molar-refractivity contribution >= 4 is 11.9 Å². The van der Waals surface area contributed by atoms with Crippen molar-refractivity contribution in [1.29, 1.82) is 0 Å². The molecule has 1 spiro atoms. The lowest BCUT2D eigenvalue weighted by atomic mass is 9.45. The molecule has 6 aliphatic carbocycles. The second-order valence-corrected chi connectivity index (χ2v) is 16.8. The van der Waals surface area contributed by atoms with Gasteiger partial charge in [0, 0.05) is 23.1 Å². The summed E-state index contributed by atoms with van der Waals surface area (Å²) < 4.78 is 47.7. The van der Waals surface area contributed by atoms with Gasteiger partial charge >= 0.3 is 12.3 Å². The van der Waals surface area contributed by atoms with Crippen LogP contribution in [0.15, 0.2) is 54.1 Å². The average Bonchev–Trinajstić information content (AvgIpc) is 3.52. The molecule has 7 atom stereocenters. The van der Waals surface area contributed by atoms with Crippen LogP contribution in [0.1, 0.15) is 124 Å². The lowest BCUT2D eigenvalue weighted by Gasteiger charge is -2.60. The molecular weight excluding hydrogens is 627 g/mol. The number of hydrogen-bond acceptors (Lipinski definition) is 4. The number of ketones is 1. The highest BCUT2D eigenvalue weighted by Gasteiger charge is 2.64. The van der Waals surface area contributed by atoms with E-state index < -0.39 is 34.6 Å². The minimum atomic E-state index is -4.58. The first-order valence-electron chi connectivity index (χ1n) is 18.3. The molecule has 2 aromatic carbocycles. The van der Waals surface area contributed by atoms with Crippen LogP contribution in [-0.2, 0) is 17.3 Å². The molecule has 5 fully saturated rings. The van der Waals surface area contributed by atoms with Crippen molar-refractivity contribution in [1.82, 2.24) is 4.90 Å². The minimum absolute atomic E-state index is 0.0185. The van der Waals surface area contributed by atoms with Gasteiger partial charge in [-0.15, -0.1) is 0 Å². The van der Waals surface area contributed by atoms with Gasteiger partial charge in [-0.3, -0.25) is 4.79 Å². The van der Waals surface area contributed by atoms with Gasteiger partial charge in [0.25, 0.3) is 0 Å². The molecule has 4 bridgehead atoms. The third kappa shape index (κ3) is 5.94. The van der Waals surface area contributed by atoms with Crippen molar-refractivity contribution in [2.45, 2.75) is 116 Å². The summed E-state index contributed by atoms with van der Waals surface area (Å²) in [5.74, 6) is 1.23. The number of benzene rings is 2. The van der Waals surface area contributed by atoms with Crippen LogP contribution in [-0.4, -0.2) is 46.7 Å². The number of rotatable bonds is 4. The smallest absolute Gasteiger partial charge is 0.416 e. The summed E-state index contributed by atoms with van der Waals surface area (Å²) in [5, 5.41) is 10.9. The summed E-state index contributed by atoms with van der Waals surface area (Å²) in [6.07, 6.45) is 4.84. The number of amides is 1. The second-order valence-electron chi connectivity index (χ2n) is 16.8. The van der Waals surface area contributed by atoms with E-state index in [1.165, 1.54) is 30.5 Å². The van der Waals surface area contributed by atoms with Crippen LogP contribution in [0.2, 0.25) is 0 Å². The first-order chi connectivity index (χ1) is 23.1. The van der Waals surface area contributed by atoms with E-state index in [4.69, 9.17) is 4.74 Å². The molecule has 2 aromatic rings. The summed E-state index contributed by atoms with van der Waals surface area (Å²) >= 11 is 0. The van der Waals surface area contributed by atoms with Gasteiger partial charge in [0.05, 0.1) is 18.2 Å². The van der Waals surface area contributed by atoms with Crippen LogP contribution < -0.4 is 0 Å². The van der Waals surface area contributed by atoms with Gasteiger partial charge in [0.1, 0.15) is 5.60 Å². The van der Waals surface area contributed by atoms with Crippen LogP contribution >= 0.6 is 0 Å². The number of allylic oxidation sites excluding steroid dienone is 2. The Kier molecular flexibility index (Phi) is 8.60. The first kappa shape index (κ1) is 34.3. The highest BCUT2D eigenvalue weighted by atomic mass is 19.4. The summed E-state index contributed by atoms with van der Waals surface area (Å²) in [4.78, 5) is 30.0. The van der Waals surface area contributed by atoms with Crippen molar-refractivity contribution in [2.75, 3.05) is 13.1 Å². The van der Waals surface area contributed by atoms with E-state index in [1.54, 1.807) is 6.07 Å². The van der Waals surface area contributed by atoms with E-state index in [1.807, 2.05) is 17.0 Å². The summed E-state index contributed by atoms with van der Waals surface area (Å²) in [6, 6.07) is 10.3. The lowest BCUT2D eigenvalue weighted by molar-refractivity contribution is -0.137. The zero-order valence-electron chi connectivity index (χ0n) is 29.2. The molecule has 1 saturated heterocycles. The topological polar surface area (TPSA) is 66.8 Å². The Morgan fingerprint density at radius 2 is 1.84 bits per heavy atom. The van der Waals surface area contributed by atoms with Gasteiger partial charge in [0.2, 0.25) is 0 Å². The van der Waals surface area contributed by atoms with Crippen LogP contribution in [0.3, 0.4) is 0 Å². The fraction of sp³-hybridized carbons (Fsp3) is 0.610. The highest BCUT2D eigenvalue weighted by molar-refractivity contribution is 6.10. The molecule has 49 heavy (non-hydrogen) atoms. The Hall–Kier alpha value is -3.13. The van der Waals surface area contributed by atoms with Crippen LogP contribution in [0.5, 0.6) is 0 Å². The van der Waals surface area contributed by atoms with Gasteiger partial charge < -0.3 is 14.7 Å². The molecule has 0 unspecified atom stereocenters. The zero-order valence-corrected chi connectivity index (χ0v) is 29.2. The van der Waals surface area contributed by atoms with E-state index in [0.717, 1.165) is 54.9 Å². The molecule has 1 N–H and O–H groups in total. The minimum Gasteiger partial charge on any atom is -0.440 e. The molecule has 264 valence electrons. The molecular formula is C41H50F3NO4. The lowest BCUT2D eigenvalue weighted by Crippen LogP contribution is -2.55. The van der Waals surface area contributed by atoms with Crippen molar-refractivity contribution in [3.05, 3.63) is 81.9 Å². The molecule has 5 nitrogen and oxygen atoms in total. The number of carbonyl (C=O) groups is 2. The largest absolute Gasteiger partial charge is 0.440 e. The van der Waals surface area contributed by atoms with E-state index in [-0.39, 0.29) is 17.6 Å². The zero-order chi connectivity index (χ0) is 34.9. The Balaban J connectivity index is 1.27. The maximum atomic E-state index is 14.3. The predicted octanol–water partition coefficient (Wildman–Crippen LogP) is 9.51. The number of halogens is 3. The predicted molar refractivity (Wildman–Crippen MR) is 182 cm³/mol. The third-order valence-corrected chi connectivity index (χ3v) is 13.8. The molecule has 7 aliphatic rings. The van der Waals surface area contributed by atoms with Gasteiger partial charge in [-0.1, -0.05) is 56.7 Å². The number of aliphatic hydroxyl groups excluding tert-OH is 1. The van der Waals surface area contributed by atoms with E-state index >= 15 is 0 Å². The number of hydrogen-bond donors (Lipinski definition) is 1. The molecule has 4 saturated carbocycles. The van der Waals surface area contributed by atoms with Crippen LogP contribution in [0.4, 0.5) is 18.0 Å². The fourth-order valence-electron chi connectivity index (χ4n) is 10.6. The van der Waals surface area contributed by atoms with Crippen LogP contribution in [0, 0.1) is 28.6 Å². The molecule has 1 aliphatic heterocycles. The number of fused-ring (bicyclic) bond motifs is 10. The SMILES string of the molecule is CC1=CCC[C@@]2(C)[C@@H](CC[C@@]23CN(C[C@@H]2CC[C@H]4C[C@@H]2C4(C)C)C(=O)O3)c2ccc(cc2C(=O)c2cccc(C(F)(F)F)c2)C[C@@H](O)CC1. The molecule has 8 heteroatoms. The van der Waals surface area contributed by atoms with Crippen LogP contribution in [0.25, 0.3) is 0 Å². The maximum Gasteiger partial charge on any atom is 0.416 e. The second kappa shape index (κ2) is 12.3. The van der Waals surface area contributed by atoms with Gasteiger partial charge in [-0.25, -0.2) is 4.79 Å². The Bertz CT molecular complexity index is 1660. The van der Waals surface area contributed by atoms with Crippen molar-refractivity contribution < 1.29 is 32.6 Å². The quantitative estimate of drug-likeness (QED) is 0.259. The number of carbonyl (C=O) groups excluding carboxylic acids is 2. The number of ether oxygens (including phenoxy) is 1. The molecule has 0 aromatic heterocycles. The highest BCUT2D eigenvalue weighted by Crippen LogP contribution is 2.64. The maximum absolute atomic E-state index is 14.3. The molecule has 1 heterocycles. The Labute approximate surface area is 288 Å². The molecule has 1 amide bonds. The Morgan fingerprint density at radius 1 is 1.04 bits per heavy atom. The number of nitrogens with zero attached hydrogens (tertiary/aromatic N) is 1. The number of aliphatic hydroxyl groups is 1. The standard InChI is InChI=1S/C41H50F3NO4/c1-25-7-6-17-39(4)34(16-18-40(39)24-45(37(48)49-40)23-28-12-13-29-22-35(28)38(29,2)3)32-15-11-26(19-31(46)14-10-25)20-33(32)36(47)27-8-5-9-30(21-27)41(42,43)44/h5,7-9,11,15,20-21,28-29,31,34-35,46H,6,10,12-14,16-19,22-24H2,1-4H3/t28-,29-,31-,34-,35-,39-,40+/m0/s1. The van der Waals surface area contributed by atoms with E-state index in [9.17, 15) is 27.9 Å². The third-order valence-electron chi connectivity index (χ3n) is 13.8. The number of alkyl halides is 3. The first-order valence-corrected chi connectivity index (χ1v) is 18.3. The van der Waals surface area contributed by atoms with Crippen molar-refractivity contribution in [3.63, 3.8) is 0 Å². The molecule has 0 radical (unpaired) electrons. The van der Waals surface area contributed by atoms with Gasteiger partial charge in [-0.2, -0.15) is 13.2 Å². The summed E-state index contributed by atoms with van der Waals surface area (Å²) in [7, 11) is 0. The van der Waals surface area contributed by atoms with Crippen molar-refractivity contribution in [3.8, 4) is 0 Å². The van der Waals surface area contributed by atoms with Crippen molar-refractivity contribution in [2.24, 2.45) is 28.6 Å². The van der Waals surface area contributed by atoms with Gasteiger partial charge in [-0.05, 0) is 130 Å². The van der Waals surface area contributed by atoms with Gasteiger partial charge in [0.15, 0.2) is 5.78 Å². The fourth-order valence-corrected chi connectivity index (χ4v) is 10.6. The Morgan fingerprint density at radius 3 is 2.57 bits per heavy atom. The monoisotopic (exact) mass is 677 g/mol. The average molecular weight is 678 g/mol. The molecule has 9 rings (SSSR count). The van der Waals surface area contributed by atoms with E-state index in [2.05, 4.69) is 33.8 Å². The normalized spacial score (nSPS) is 34.2. The summed E-state index contributed by atoms with van der Waals surface area (Å²) in [6.45, 7) is 10.3.